The standard InChI is InChI=1S/C21H27ClN4O2.HI/c1-15-5-10-19(18(22)13-15)25-20(27)11-12-24-21(23-2)26(3)14-16-6-8-17(28-4)9-7-16;/h5-10,13H,11-12,14H2,1-4H3,(H,23,24)(H,25,27);1H. The van der Waals surface area contributed by atoms with Crippen LogP contribution in [0.2, 0.25) is 5.02 Å². The first-order valence-electron chi connectivity index (χ1n) is 9.03. The van der Waals surface area contributed by atoms with Crippen molar-refractivity contribution in [3.8, 4) is 5.75 Å². The van der Waals surface area contributed by atoms with Gasteiger partial charge in [0.05, 0.1) is 17.8 Å². The Balaban J connectivity index is 0.00000420. The quantitative estimate of drug-likeness (QED) is 0.318. The molecule has 0 unspecified atom stereocenters. The summed E-state index contributed by atoms with van der Waals surface area (Å²) in [5, 5.41) is 6.58. The number of hydrogen-bond acceptors (Lipinski definition) is 3. The second kappa shape index (κ2) is 12.5. The molecule has 0 aliphatic carbocycles. The number of guanidine groups is 1. The molecule has 0 radical (unpaired) electrons. The van der Waals surface area contributed by atoms with Gasteiger partial charge in [-0.2, -0.15) is 0 Å². The Morgan fingerprint density at radius 3 is 2.48 bits per heavy atom. The van der Waals surface area contributed by atoms with Crippen molar-refractivity contribution in [1.82, 2.24) is 10.2 Å². The maximum Gasteiger partial charge on any atom is 0.226 e. The van der Waals surface area contributed by atoms with E-state index in [9.17, 15) is 4.79 Å². The summed E-state index contributed by atoms with van der Waals surface area (Å²) >= 11 is 6.15. The van der Waals surface area contributed by atoms with Gasteiger partial charge in [0.25, 0.3) is 0 Å². The van der Waals surface area contributed by atoms with Gasteiger partial charge in [-0.3, -0.25) is 9.79 Å². The molecule has 0 aliphatic rings. The van der Waals surface area contributed by atoms with E-state index in [2.05, 4.69) is 15.6 Å². The summed E-state index contributed by atoms with van der Waals surface area (Å²) in [4.78, 5) is 18.4. The number of benzene rings is 2. The lowest BCUT2D eigenvalue weighted by Crippen LogP contribution is -2.39. The van der Waals surface area contributed by atoms with Crippen LogP contribution in [0, 0.1) is 6.92 Å². The number of ether oxygens (including phenoxy) is 1. The number of nitrogens with zero attached hydrogens (tertiary/aromatic N) is 2. The van der Waals surface area contributed by atoms with Crippen molar-refractivity contribution >= 4 is 53.1 Å². The number of hydrogen-bond donors (Lipinski definition) is 2. The molecule has 0 aromatic heterocycles. The van der Waals surface area contributed by atoms with E-state index < -0.39 is 0 Å². The van der Waals surface area contributed by atoms with E-state index in [1.54, 1.807) is 14.2 Å². The van der Waals surface area contributed by atoms with Crippen LogP contribution in [0.3, 0.4) is 0 Å². The highest BCUT2D eigenvalue weighted by atomic mass is 127. The predicted molar refractivity (Wildman–Crippen MR) is 131 cm³/mol. The number of halogens is 2. The molecule has 0 fully saturated rings. The number of aliphatic imine (C=N–C) groups is 1. The van der Waals surface area contributed by atoms with Gasteiger partial charge >= 0.3 is 0 Å². The van der Waals surface area contributed by atoms with Crippen LogP contribution >= 0.6 is 35.6 Å². The van der Waals surface area contributed by atoms with Crippen LogP contribution in [-0.4, -0.2) is 44.5 Å². The lowest BCUT2D eigenvalue weighted by molar-refractivity contribution is -0.116. The molecule has 0 bridgehead atoms. The highest BCUT2D eigenvalue weighted by Crippen LogP contribution is 2.22. The first kappa shape index (κ1) is 25.0. The van der Waals surface area contributed by atoms with E-state index in [0.29, 0.717) is 30.2 Å². The van der Waals surface area contributed by atoms with Gasteiger partial charge in [0.2, 0.25) is 5.91 Å². The van der Waals surface area contributed by atoms with Crippen LogP contribution in [0.1, 0.15) is 17.5 Å². The number of nitrogens with one attached hydrogen (secondary N) is 2. The molecular weight excluding hydrogens is 503 g/mol. The second-order valence-electron chi connectivity index (χ2n) is 6.46. The van der Waals surface area contributed by atoms with Crippen molar-refractivity contribution < 1.29 is 9.53 Å². The van der Waals surface area contributed by atoms with Crippen LogP contribution < -0.4 is 15.4 Å². The minimum absolute atomic E-state index is 0. The van der Waals surface area contributed by atoms with Crippen molar-refractivity contribution in [3.63, 3.8) is 0 Å². The molecule has 2 rings (SSSR count). The zero-order valence-electron chi connectivity index (χ0n) is 17.2. The normalized spacial score (nSPS) is 10.7. The van der Waals surface area contributed by atoms with E-state index in [1.807, 2.05) is 61.3 Å². The highest BCUT2D eigenvalue weighted by Gasteiger charge is 2.09. The maximum atomic E-state index is 12.2. The molecule has 158 valence electrons. The summed E-state index contributed by atoms with van der Waals surface area (Å²) in [5.74, 6) is 1.44. The van der Waals surface area contributed by atoms with Crippen molar-refractivity contribution in [2.75, 3.05) is 33.1 Å². The first-order valence-corrected chi connectivity index (χ1v) is 9.41. The predicted octanol–water partition coefficient (Wildman–Crippen LogP) is 4.31. The highest BCUT2D eigenvalue weighted by molar-refractivity contribution is 14.0. The summed E-state index contributed by atoms with van der Waals surface area (Å²) in [6, 6.07) is 13.4. The summed E-state index contributed by atoms with van der Waals surface area (Å²) in [5.41, 5.74) is 2.81. The van der Waals surface area contributed by atoms with Gasteiger partial charge < -0.3 is 20.3 Å². The van der Waals surface area contributed by atoms with Crippen LogP contribution in [0.4, 0.5) is 5.69 Å². The van der Waals surface area contributed by atoms with E-state index in [-0.39, 0.29) is 29.9 Å². The minimum Gasteiger partial charge on any atom is -0.497 e. The number of rotatable bonds is 7. The van der Waals surface area contributed by atoms with Crippen LogP contribution in [0.25, 0.3) is 0 Å². The number of anilines is 1. The fourth-order valence-corrected chi connectivity index (χ4v) is 2.97. The van der Waals surface area contributed by atoms with E-state index >= 15 is 0 Å². The molecule has 1 amide bonds. The Hall–Kier alpha value is -2.00. The lowest BCUT2D eigenvalue weighted by Gasteiger charge is -2.22. The zero-order valence-corrected chi connectivity index (χ0v) is 20.2. The molecule has 0 saturated heterocycles. The van der Waals surface area contributed by atoms with Gasteiger partial charge in [0.1, 0.15) is 5.75 Å². The monoisotopic (exact) mass is 530 g/mol. The SMILES string of the molecule is CN=C(NCCC(=O)Nc1ccc(C)cc1Cl)N(C)Cc1ccc(OC)cc1.I. The van der Waals surface area contributed by atoms with Gasteiger partial charge in [-0.1, -0.05) is 29.8 Å². The fourth-order valence-electron chi connectivity index (χ4n) is 2.69. The molecule has 0 atom stereocenters. The van der Waals surface area contributed by atoms with Crippen molar-refractivity contribution in [1.29, 1.82) is 0 Å². The Morgan fingerprint density at radius 1 is 1.21 bits per heavy atom. The zero-order chi connectivity index (χ0) is 20.5. The molecule has 2 N–H and O–H groups in total. The first-order chi connectivity index (χ1) is 13.4. The van der Waals surface area contributed by atoms with E-state index in [0.717, 1.165) is 22.8 Å². The molecule has 29 heavy (non-hydrogen) atoms. The van der Waals surface area contributed by atoms with Crippen molar-refractivity contribution in [3.05, 3.63) is 58.6 Å². The number of carbonyl (C=O) groups excluding carboxylic acids is 1. The number of aryl methyl sites for hydroxylation is 1. The van der Waals surface area contributed by atoms with Crippen LogP contribution in [0.15, 0.2) is 47.5 Å². The molecule has 0 heterocycles. The Bertz CT molecular complexity index is 828. The van der Waals surface area contributed by atoms with Crippen molar-refractivity contribution in [2.45, 2.75) is 19.9 Å². The molecule has 0 spiro atoms. The molecular formula is C21H28ClIN4O2. The van der Waals surface area contributed by atoms with Gasteiger partial charge in [-0.25, -0.2) is 0 Å². The summed E-state index contributed by atoms with van der Waals surface area (Å²) in [7, 11) is 5.32. The number of carbonyl (C=O) groups is 1. The summed E-state index contributed by atoms with van der Waals surface area (Å²) in [6.45, 7) is 3.11. The van der Waals surface area contributed by atoms with E-state index in [4.69, 9.17) is 16.3 Å². The van der Waals surface area contributed by atoms with Gasteiger partial charge in [-0.05, 0) is 42.3 Å². The third kappa shape index (κ3) is 8.10. The lowest BCUT2D eigenvalue weighted by atomic mass is 10.2. The van der Waals surface area contributed by atoms with Gasteiger partial charge in [-0.15, -0.1) is 24.0 Å². The van der Waals surface area contributed by atoms with E-state index in [1.165, 1.54) is 0 Å². The topological polar surface area (TPSA) is 66.0 Å². The largest absolute Gasteiger partial charge is 0.497 e. The van der Waals surface area contributed by atoms with Gasteiger partial charge in [0, 0.05) is 33.6 Å². The smallest absolute Gasteiger partial charge is 0.226 e. The summed E-state index contributed by atoms with van der Waals surface area (Å²) in [6.07, 6.45) is 0.305. The molecule has 0 saturated carbocycles. The molecule has 6 nitrogen and oxygen atoms in total. The summed E-state index contributed by atoms with van der Waals surface area (Å²) < 4.78 is 5.18. The third-order valence-corrected chi connectivity index (χ3v) is 4.50. The molecule has 2 aromatic rings. The molecule has 8 heteroatoms. The molecule has 0 aliphatic heterocycles. The number of methoxy groups -OCH3 is 1. The maximum absolute atomic E-state index is 12.2. The average Bonchev–Trinajstić information content (AvgIpc) is 2.68. The van der Waals surface area contributed by atoms with Crippen LogP contribution in [0.5, 0.6) is 5.75 Å². The average molecular weight is 531 g/mol. The Morgan fingerprint density at radius 2 is 1.90 bits per heavy atom. The fraction of sp³-hybridized carbons (Fsp3) is 0.333. The molecule has 2 aromatic carbocycles. The van der Waals surface area contributed by atoms with Gasteiger partial charge in [0.15, 0.2) is 5.96 Å². The Labute approximate surface area is 194 Å². The third-order valence-electron chi connectivity index (χ3n) is 4.19. The van der Waals surface area contributed by atoms with Crippen LogP contribution in [-0.2, 0) is 11.3 Å². The van der Waals surface area contributed by atoms with Crippen molar-refractivity contribution in [2.24, 2.45) is 4.99 Å². The second-order valence-corrected chi connectivity index (χ2v) is 6.87. The number of amides is 1. The Kier molecular flexibility index (Phi) is 10.8. The minimum atomic E-state index is -0.105.